The molecule has 3 heteroatoms. The summed E-state index contributed by atoms with van der Waals surface area (Å²) in [6, 6.07) is 37.1. The molecule has 156 valence electrons. The number of pyridine rings is 1. The number of rotatable bonds is 2. The fraction of sp³-hybridized carbons (Fsp3) is 0.0333. The van der Waals surface area contributed by atoms with Crippen LogP contribution in [-0.4, -0.2) is 9.55 Å². The highest BCUT2D eigenvalue weighted by Gasteiger charge is 2.14. The van der Waals surface area contributed by atoms with Gasteiger partial charge in [0.05, 0.1) is 16.7 Å². The second kappa shape index (κ2) is 7.03. The normalized spacial score (nSPS) is 11.8. The smallest absolute Gasteiger partial charge is 0.0705 e. The lowest BCUT2D eigenvalue weighted by atomic mass is 10.1. The zero-order valence-electron chi connectivity index (χ0n) is 18.1. The number of aryl methyl sites for hydroxylation is 1. The zero-order valence-corrected chi connectivity index (χ0v) is 18.9. The summed E-state index contributed by atoms with van der Waals surface area (Å²) in [6.07, 6.45) is 0. The Morgan fingerprint density at radius 3 is 2.00 bits per heavy atom. The zero-order chi connectivity index (χ0) is 21.9. The van der Waals surface area contributed by atoms with E-state index in [0.717, 1.165) is 17.0 Å². The Morgan fingerprint density at radius 2 is 1.27 bits per heavy atom. The van der Waals surface area contributed by atoms with Crippen molar-refractivity contribution in [1.29, 1.82) is 0 Å². The summed E-state index contributed by atoms with van der Waals surface area (Å²) in [5.41, 5.74) is 6.89. The summed E-state index contributed by atoms with van der Waals surface area (Å²) in [6.45, 7) is 2.04. The Bertz CT molecular complexity index is 1780. The van der Waals surface area contributed by atoms with Gasteiger partial charge in [0, 0.05) is 47.9 Å². The highest BCUT2D eigenvalue weighted by Crippen LogP contribution is 2.39. The van der Waals surface area contributed by atoms with Crippen molar-refractivity contribution in [1.82, 2.24) is 9.55 Å². The summed E-state index contributed by atoms with van der Waals surface area (Å²) >= 11 is 1.85. The van der Waals surface area contributed by atoms with E-state index < -0.39 is 0 Å². The van der Waals surface area contributed by atoms with Crippen LogP contribution in [0.3, 0.4) is 0 Å². The molecule has 0 unspecified atom stereocenters. The molecule has 3 heterocycles. The third kappa shape index (κ3) is 2.83. The van der Waals surface area contributed by atoms with Gasteiger partial charge in [0.1, 0.15) is 0 Å². The molecule has 7 aromatic rings. The molecule has 0 saturated carbocycles. The number of benzene rings is 4. The first-order valence-electron chi connectivity index (χ1n) is 11.2. The molecule has 0 spiro atoms. The molecule has 0 fully saturated rings. The van der Waals surface area contributed by atoms with Crippen LogP contribution in [0.4, 0.5) is 0 Å². The SMILES string of the molecule is Cc1cccc(-c2ccc3sc4ccc(-n5c6ccccc6c6ccccc65)cc4c3c2)n1. The average Bonchev–Trinajstić information content (AvgIpc) is 3.39. The third-order valence-corrected chi connectivity index (χ3v) is 7.63. The van der Waals surface area contributed by atoms with Gasteiger partial charge in [-0.2, -0.15) is 0 Å². The van der Waals surface area contributed by atoms with Crippen molar-refractivity contribution in [2.24, 2.45) is 0 Å². The molecule has 0 aliphatic rings. The van der Waals surface area contributed by atoms with Crippen LogP contribution in [0.5, 0.6) is 0 Å². The van der Waals surface area contributed by atoms with E-state index in [2.05, 4.69) is 102 Å². The van der Waals surface area contributed by atoms with Crippen LogP contribution >= 0.6 is 11.3 Å². The van der Waals surface area contributed by atoms with Crippen LogP contribution in [0.15, 0.2) is 103 Å². The molecule has 4 aromatic carbocycles. The Labute approximate surface area is 195 Å². The molecule has 0 atom stereocenters. The van der Waals surface area contributed by atoms with Crippen molar-refractivity contribution in [3.63, 3.8) is 0 Å². The van der Waals surface area contributed by atoms with Crippen LogP contribution in [0.1, 0.15) is 5.69 Å². The second-order valence-electron chi connectivity index (χ2n) is 8.53. The van der Waals surface area contributed by atoms with Crippen LogP contribution in [0.25, 0.3) is 58.9 Å². The van der Waals surface area contributed by atoms with Crippen LogP contribution < -0.4 is 0 Å². The topological polar surface area (TPSA) is 17.8 Å². The van der Waals surface area contributed by atoms with Gasteiger partial charge in [-0.25, -0.2) is 0 Å². The lowest BCUT2D eigenvalue weighted by Crippen LogP contribution is -1.93. The van der Waals surface area contributed by atoms with Crippen LogP contribution in [0.2, 0.25) is 0 Å². The third-order valence-electron chi connectivity index (χ3n) is 6.48. The van der Waals surface area contributed by atoms with E-state index in [-0.39, 0.29) is 0 Å². The van der Waals surface area contributed by atoms with E-state index in [0.29, 0.717) is 0 Å². The predicted molar refractivity (Wildman–Crippen MR) is 142 cm³/mol. The fourth-order valence-electron chi connectivity index (χ4n) is 4.97. The van der Waals surface area contributed by atoms with Gasteiger partial charge < -0.3 is 4.57 Å². The van der Waals surface area contributed by atoms with Gasteiger partial charge in [-0.05, 0) is 61.5 Å². The fourth-order valence-corrected chi connectivity index (χ4v) is 6.04. The van der Waals surface area contributed by atoms with Gasteiger partial charge in [-0.3, -0.25) is 4.98 Å². The van der Waals surface area contributed by atoms with Crippen LogP contribution in [0, 0.1) is 6.92 Å². The van der Waals surface area contributed by atoms with Crippen molar-refractivity contribution < 1.29 is 0 Å². The van der Waals surface area contributed by atoms with Crippen molar-refractivity contribution in [3.05, 3.63) is 109 Å². The van der Waals surface area contributed by atoms with Crippen molar-refractivity contribution >= 4 is 53.3 Å². The summed E-state index contributed by atoms with van der Waals surface area (Å²) in [5.74, 6) is 0. The van der Waals surface area contributed by atoms with E-state index >= 15 is 0 Å². The van der Waals surface area contributed by atoms with E-state index in [1.807, 2.05) is 24.3 Å². The minimum atomic E-state index is 1.02. The van der Waals surface area contributed by atoms with Gasteiger partial charge in [0.15, 0.2) is 0 Å². The molecular weight excluding hydrogens is 420 g/mol. The number of para-hydroxylation sites is 2. The number of nitrogens with zero attached hydrogens (tertiary/aromatic N) is 2. The Balaban J connectivity index is 1.50. The van der Waals surface area contributed by atoms with E-state index in [1.165, 1.54) is 47.7 Å². The Morgan fingerprint density at radius 1 is 0.606 bits per heavy atom. The molecule has 0 aliphatic heterocycles. The lowest BCUT2D eigenvalue weighted by molar-refractivity contribution is 1.19. The van der Waals surface area contributed by atoms with Gasteiger partial charge >= 0.3 is 0 Å². The largest absolute Gasteiger partial charge is 0.309 e. The lowest BCUT2D eigenvalue weighted by Gasteiger charge is -2.08. The van der Waals surface area contributed by atoms with Gasteiger partial charge in [-0.15, -0.1) is 11.3 Å². The molecule has 0 aliphatic carbocycles. The Kier molecular flexibility index (Phi) is 3.96. The first-order valence-corrected chi connectivity index (χ1v) is 12.0. The van der Waals surface area contributed by atoms with E-state index in [1.54, 1.807) is 0 Å². The summed E-state index contributed by atoms with van der Waals surface area (Å²) in [4.78, 5) is 4.74. The molecule has 3 aromatic heterocycles. The molecule has 0 radical (unpaired) electrons. The summed E-state index contributed by atoms with van der Waals surface area (Å²) in [7, 11) is 0. The highest BCUT2D eigenvalue weighted by molar-refractivity contribution is 7.25. The summed E-state index contributed by atoms with van der Waals surface area (Å²) in [5, 5.41) is 5.16. The quantitative estimate of drug-likeness (QED) is 0.263. The minimum Gasteiger partial charge on any atom is -0.309 e. The van der Waals surface area contributed by atoms with E-state index in [9.17, 15) is 0 Å². The standard InChI is InChI=1S/C30H20N2S/c1-19-7-6-10-26(31-19)20-13-15-29-24(17-20)25-18-21(14-16-30(25)33-29)32-27-11-4-2-8-22(27)23-9-3-5-12-28(23)32/h2-18H,1H3. The number of hydrogen-bond acceptors (Lipinski definition) is 2. The average molecular weight is 441 g/mol. The molecule has 0 bridgehead atoms. The first kappa shape index (κ1) is 18.6. The molecule has 33 heavy (non-hydrogen) atoms. The second-order valence-corrected chi connectivity index (χ2v) is 9.61. The van der Waals surface area contributed by atoms with Crippen molar-refractivity contribution in [2.45, 2.75) is 6.92 Å². The Hall–Kier alpha value is -3.95. The monoisotopic (exact) mass is 440 g/mol. The number of aromatic nitrogens is 2. The molecule has 0 saturated heterocycles. The molecule has 0 amide bonds. The van der Waals surface area contributed by atoms with Crippen molar-refractivity contribution in [2.75, 3.05) is 0 Å². The molecular formula is C30H20N2S. The minimum absolute atomic E-state index is 1.02. The maximum atomic E-state index is 4.74. The van der Waals surface area contributed by atoms with E-state index in [4.69, 9.17) is 4.98 Å². The maximum absolute atomic E-state index is 4.74. The van der Waals surface area contributed by atoms with Crippen molar-refractivity contribution in [3.8, 4) is 16.9 Å². The maximum Gasteiger partial charge on any atom is 0.0705 e. The molecule has 7 rings (SSSR count). The number of thiophene rings is 1. The van der Waals surface area contributed by atoms with Gasteiger partial charge in [-0.1, -0.05) is 48.5 Å². The molecule has 2 nitrogen and oxygen atoms in total. The highest BCUT2D eigenvalue weighted by atomic mass is 32.1. The molecule has 0 N–H and O–H groups in total. The predicted octanol–water partition coefficient (Wildman–Crippen LogP) is 8.52. The number of fused-ring (bicyclic) bond motifs is 6. The van der Waals surface area contributed by atoms with Gasteiger partial charge in [0.2, 0.25) is 0 Å². The first-order chi connectivity index (χ1) is 16.3. The van der Waals surface area contributed by atoms with Gasteiger partial charge in [0.25, 0.3) is 0 Å². The van der Waals surface area contributed by atoms with Crippen LogP contribution in [-0.2, 0) is 0 Å². The number of hydrogen-bond donors (Lipinski definition) is 0. The summed E-state index contributed by atoms with van der Waals surface area (Å²) < 4.78 is 5.00.